The molecule has 3 N–H and O–H groups in total. The van der Waals surface area contributed by atoms with Gasteiger partial charge in [-0.15, -0.1) is 0 Å². The summed E-state index contributed by atoms with van der Waals surface area (Å²) in [6.07, 6.45) is 1.74. The van der Waals surface area contributed by atoms with E-state index < -0.39 is 5.91 Å². The number of carbonyl (C=O) groups is 2. The lowest BCUT2D eigenvalue weighted by molar-refractivity contribution is -0.120. The van der Waals surface area contributed by atoms with Crippen LogP contribution < -0.4 is 16.1 Å². The Hall–Kier alpha value is -3.49. The van der Waals surface area contributed by atoms with E-state index in [1.54, 1.807) is 31.2 Å². The van der Waals surface area contributed by atoms with Gasteiger partial charge in [0.1, 0.15) is 5.56 Å². The molecule has 0 radical (unpaired) electrons. The number of benzene rings is 1. The molecule has 2 amide bonds. The molecule has 0 saturated heterocycles. The normalized spacial score (nSPS) is 10.7. The van der Waals surface area contributed by atoms with Gasteiger partial charge in [-0.1, -0.05) is 17.3 Å². The zero-order valence-corrected chi connectivity index (χ0v) is 14.0. The molecule has 134 valence electrons. The number of rotatable bonds is 6. The maximum Gasteiger partial charge on any atom is 0.257 e. The van der Waals surface area contributed by atoms with Crippen molar-refractivity contribution in [3.8, 4) is 0 Å². The number of aromatic nitrogens is 3. The largest absolute Gasteiger partial charge is 0.360 e. The Morgan fingerprint density at radius 3 is 2.81 bits per heavy atom. The van der Waals surface area contributed by atoms with Crippen LogP contribution in [0.5, 0.6) is 0 Å². The smallest absolute Gasteiger partial charge is 0.257 e. The van der Waals surface area contributed by atoms with Crippen molar-refractivity contribution in [3.05, 3.63) is 58.0 Å². The summed E-state index contributed by atoms with van der Waals surface area (Å²) in [6.45, 7) is 1.76. The highest BCUT2D eigenvalue weighted by atomic mass is 16.5. The Balaban J connectivity index is 1.53. The molecule has 0 saturated carbocycles. The third kappa shape index (κ3) is 3.94. The number of amides is 2. The van der Waals surface area contributed by atoms with Gasteiger partial charge in [0.25, 0.3) is 5.91 Å². The highest BCUT2D eigenvalue weighted by molar-refractivity contribution is 5.98. The second-order valence-corrected chi connectivity index (χ2v) is 5.60. The van der Waals surface area contributed by atoms with Crippen LogP contribution in [0.3, 0.4) is 0 Å². The number of para-hydroxylation sites is 1. The van der Waals surface area contributed by atoms with Crippen molar-refractivity contribution in [2.24, 2.45) is 0 Å². The van der Waals surface area contributed by atoms with Crippen LogP contribution in [0.2, 0.25) is 0 Å². The summed E-state index contributed by atoms with van der Waals surface area (Å²) < 4.78 is 4.93. The number of hydrogen-bond acceptors (Lipinski definition) is 6. The van der Waals surface area contributed by atoms with Gasteiger partial charge in [0.2, 0.25) is 17.2 Å². The summed E-state index contributed by atoms with van der Waals surface area (Å²) in [5, 5.41) is 9.12. The van der Waals surface area contributed by atoms with E-state index in [2.05, 4.69) is 25.8 Å². The lowest BCUT2D eigenvalue weighted by atomic mass is 10.1. The molecule has 0 unspecified atom stereocenters. The van der Waals surface area contributed by atoms with Gasteiger partial charge >= 0.3 is 0 Å². The molecule has 0 atom stereocenters. The molecule has 3 aromatic rings. The number of hydrogen-bond donors (Lipinski definition) is 3. The van der Waals surface area contributed by atoms with E-state index >= 15 is 0 Å². The molecule has 3 rings (SSSR count). The Morgan fingerprint density at radius 2 is 2.04 bits per heavy atom. The van der Waals surface area contributed by atoms with Crippen molar-refractivity contribution in [2.45, 2.75) is 13.3 Å². The van der Waals surface area contributed by atoms with E-state index in [0.717, 1.165) is 0 Å². The lowest BCUT2D eigenvalue weighted by Gasteiger charge is -2.06. The molecule has 26 heavy (non-hydrogen) atoms. The highest BCUT2D eigenvalue weighted by Crippen LogP contribution is 2.06. The number of pyridine rings is 1. The second kappa shape index (κ2) is 7.60. The van der Waals surface area contributed by atoms with Gasteiger partial charge in [-0.2, -0.15) is 4.98 Å². The summed E-state index contributed by atoms with van der Waals surface area (Å²) in [5.41, 5.74) is 0.213. The van der Waals surface area contributed by atoms with Gasteiger partial charge in [0, 0.05) is 30.1 Å². The predicted octanol–water partition coefficient (Wildman–Crippen LogP) is 0.308. The SMILES string of the molecule is Cc1noc(CCNC(=O)CNC(=O)c2c[nH]c3ccccc3c2=O)n1. The fourth-order valence-electron chi connectivity index (χ4n) is 2.40. The molecule has 0 fully saturated rings. The highest BCUT2D eigenvalue weighted by Gasteiger charge is 2.14. The van der Waals surface area contributed by atoms with E-state index in [1.807, 2.05) is 0 Å². The molecule has 2 aromatic heterocycles. The molecule has 0 spiro atoms. The molecular formula is C17H17N5O4. The van der Waals surface area contributed by atoms with E-state index in [0.29, 0.717) is 35.6 Å². The molecule has 0 aliphatic carbocycles. The van der Waals surface area contributed by atoms with Crippen molar-refractivity contribution in [1.29, 1.82) is 0 Å². The van der Waals surface area contributed by atoms with Crippen molar-refractivity contribution in [1.82, 2.24) is 25.8 Å². The number of H-pyrrole nitrogens is 1. The molecule has 9 heteroatoms. The zero-order valence-electron chi connectivity index (χ0n) is 14.0. The molecular weight excluding hydrogens is 338 g/mol. The van der Waals surface area contributed by atoms with Crippen LogP contribution >= 0.6 is 0 Å². The first-order valence-corrected chi connectivity index (χ1v) is 7.99. The lowest BCUT2D eigenvalue weighted by Crippen LogP contribution is -2.39. The molecule has 2 heterocycles. The standard InChI is InChI=1S/C17H17N5O4/c1-10-21-15(26-22-10)6-7-18-14(23)9-20-17(25)12-8-19-13-5-3-2-4-11(13)16(12)24/h2-5,8H,6-7,9H2,1H3,(H,18,23)(H,19,24)(H,20,25). The van der Waals surface area contributed by atoms with Crippen LogP contribution in [0.1, 0.15) is 22.1 Å². The minimum Gasteiger partial charge on any atom is -0.360 e. The van der Waals surface area contributed by atoms with E-state index in [1.165, 1.54) is 6.20 Å². The zero-order chi connectivity index (χ0) is 18.5. The molecule has 0 bridgehead atoms. The van der Waals surface area contributed by atoms with Gasteiger partial charge in [-0.05, 0) is 19.1 Å². The quantitative estimate of drug-likeness (QED) is 0.583. The van der Waals surface area contributed by atoms with Crippen LogP contribution in [-0.4, -0.2) is 40.0 Å². The van der Waals surface area contributed by atoms with Crippen LogP contribution in [-0.2, 0) is 11.2 Å². The summed E-state index contributed by atoms with van der Waals surface area (Å²) in [7, 11) is 0. The maximum absolute atomic E-state index is 12.3. The van der Waals surface area contributed by atoms with Crippen LogP contribution in [0, 0.1) is 6.92 Å². The average molecular weight is 355 g/mol. The van der Waals surface area contributed by atoms with Crippen LogP contribution in [0.15, 0.2) is 39.8 Å². The van der Waals surface area contributed by atoms with Crippen molar-refractivity contribution in [3.63, 3.8) is 0 Å². The fraction of sp³-hybridized carbons (Fsp3) is 0.235. The number of nitrogens with zero attached hydrogens (tertiary/aromatic N) is 2. The molecule has 0 aliphatic heterocycles. The van der Waals surface area contributed by atoms with Crippen LogP contribution in [0.4, 0.5) is 0 Å². The van der Waals surface area contributed by atoms with E-state index in [-0.39, 0.29) is 23.4 Å². The minimum atomic E-state index is -0.611. The molecule has 0 aliphatic rings. The third-order valence-electron chi connectivity index (χ3n) is 3.67. The monoisotopic (exact) mass is 355 g/mol. The molecule has 1 aromatic carbocycles. The summed E-state index contributed by atoms with van der Waals surface area (Å²) >= 11 is 0. The van der Waals surface area contributed by atoms with Crippen LogP contribution in [0.25, 0.3) is 10.9 Å². The number of aromatic amines is 1. The van der Waals surface area contributed by atoms with Crippen molar-refractivity contribution < 1.29 is 14.1 Å². The third-order valence-corrected chi connectivity index (χ3v) is 3.67. The number of carbonyl (C=O) groups excluding carboxylic acids is 2. The van der Waals surface area contributed by atoms with E-state index in [4.69, 9.17) is 4.52 Å². The number of nitrogens with one attached hydrogen (secondary N) is 3. The maximum atomic E-state index is 12.3. The Labute approximate surface area is 147 Å². The Morgan fingerprint density at radius 1 is 1.23 bits per heavy atom. The number of aryl methyl sites for hydroxylation is 1. The van der Waals surface area contributed by atoms with E-state index in [9.17, 15) is 14.4 Å². The van der Waals surface area contributed by atoms with Gasteiger partial charge in [-0.25, -0.2) is 0 Å². The first-order valence-electron chi connectivity index (χ1n) is 7.99. The first-order chi connectivity index (χ1) is 12.5. The number of fused-ring (bicyclic) bond motifs is 1. The van der Waals surface area contributed by atoms with Gasteiger partial charge in [0.05, 0.1) is 6.54 Å². The van der Waals surface area contributed by atoms with Gasteiger partial charge in [-0.3, -0.25) is 14.4 Å². The predicted molar refractivity (Wildman–Crippen MR) is 92.7 cm³/mol. The summed E-state index contributed by atoms with van der Waals surface area (Å²) in [5.74, 6) is -0.0415. The van der Waals surface area contributed by atoms with Crippen molar-refractivity contribution >= 4 is 22.7 Å². The summed E-state index contributed by atoms with van der Waals surface area (Å²) in [4.78, 5) is 43.2. The first kappa shape index (κ1) is 17.3. The molecule has 9 nitrogen and oxygen atoms in total. The fourth-order valence-corrected chi connectivity index (χ4v) is 2.40. The van der Waals surface area contributed by atoms with Gasteiger partial charge in [0.15, 0.2) is 5.82 Å². The Kier molecular flexibility index (Phi) is 5.07. The summed E-state index contributed by atoms with van der Waals surface area (Å²) in [6, 6.07) is 6.89. The topological polar surface area (TPSA) is 130 Å². The Bertz CT molecular complexity index is 1010. The second-order valence-electron chi connectivity index (χ2n) is 5.60. The van der Waals surface area contributed by atoms with Crippen molar-refractivity contribution in [2.75, 3.05) is 13.1 Å². The average Bonchev–Trinajstić information content (AvgIpc) is 3.05. The minimum absolute atomic E-state index is 0.0437. The van der Waals surface area contributed by atoms with Gasteiger partial charge < -0.3 is 20.1 Å².